The third-order valence-corrected chi connectivity index (χ3v) is 3.95. The fraction of sp³-hybridized carbons (Fsp3) is 0.389. The quantitative estimate of drug-likeness (QED) is 0.884. The van der Waals surface area contributed by atoms with Gasteiger partial charge in [-0.1, -0.05) is 44.5 Å². The van der Waals surface area contributed by atoms with Crippen LogP contribution >= 0.6 is 0 Å². The summed E-state index contributed by atoms with van der Waals surface area (Å²) in [4.78, 5) is 14.7. The SMILES string of the molecule is CCCc1cccc(Cc2c(CC)c(C)[nH]c(=O)c2N)c1. The number of nitrogens with two attached hydrogens (primary N) is 1. The van der Waals surface area contributed by atoms with Crippen LogP contribution in [-0.2, 0) is 19.3 Å². The molecule has 0 amide bonds. The molecular formula is C18H24N2O. The first-order chi connectivity index (χ1) is 10.1. The van der Waals surface area contributed by atoms with E-state index in [1.54, 1.807) is 0 Å². The zero-order valence-electron chi connectivity index (χ0n) is 13.1. The Labute approximate surface area is 126 Å². The van der Waals surface area contributed by atoms with E-state index in [-0.39, 0.29) is 5.56 Å². The molecule has 1 aromatic carbocycles. The number of nitrogen functional groups attached to an aromatic ring is 1. The van der Waals surface area contributed by atoms with Crippen LogP contribution in [0.1, 0.15) is 48.2 Å². The van der Waals surface area contributed by atoms with Gasteiger partial charge in [-0.15, -0.1) is 0 Å². The number of H-pyrrole nitrogens is 1. The molecule has 21 heavy (non-hydrogen) atoms. The second-order valence-electron chi connectivity index (χ2n) is 5.55. The Morgan fingerprint density at radius 1 is 1.14 bits per heavy atom. The van der Waals surface area contributed by atoms with Crippen molar-refractivity contribution in [2.75, 3.05) is 5.73 Å². The Morgan fingerprint density at radius 2 is 1.86 bits per heavy atom. The smallest absolute Gasteiger partial charge is 0.271 e. The molecule has 0 spiro atoms. The van der Waals surface area contributed by atoms with Crippen LogP contribution in [0.3, 0.4) is 0 Å². The molecule has 0 aliphatic rings. The number of aryl methyl sites for hydroxylation is 2. The molecule has 2 aromatic rings. The summed E-state index contributed by atoms with van der Waals surface area (Å²) >= 11 is 0. The van der Waals surface area contributed by atoms with Gasteiger partial charge in [0.05, 0.1) is 0 Å². The highest BCUT2D eigenvalue weighted by molar-refractivity contribution is 5.52. The first kappa shape index (κ1) is 15.4. The summed E-state index contributed by atoms with van der Waals surface area (Å²) in [7, 11) is 0. The lowest BCUT2D eigenvalue weighted by molar-refractivity contribution is 0.917. The van der Waals surface area contributed by atoms with Crippen molar-refractivity contribution >= 4 is 5.69 Å². The lowest BCUT2D eigenvalue weighted by atomic mass is 9.95. The number of aromatic nitrogens is 1. The lowest BCUT2D eigenvalue weighted by Crippen LogP contribution is -2.19. The number of benzene rings is 1. The molecule has 0 aliphatic heterocycles. The molecular weight excluding hydrogens is 260 g/mol. The van der Waals surface area contributed by atoms with Crippen molar-refractivity contribution in [1.82, 2.24) is 4.98 Å². The molecule has 1 heterocycles. The third kappa shape index (κ3) is 3.35. The lowest BCUT2D eigenvalue weighted by Gasteiger charge is -2.14. The van der Waals surface area contributed by atoms with Gasteiger partial charge in [0, 0.05) is 12.1 Å². The van der Waals surface area contributed by atoms with Gasteiger partial charge in [0.25, 0.3) is 5.56 Å². The van der Waals surface area contributed by atoms with Gasteiger partial charge in [0.2, 0.25) is 0 Å². The second-order valence-corrected chi connectivity index (χ2v) is 5.55. The van der Waals surface area contributed by atoms with Crippen LogP contribution in [0.5, 0.6) is 0 Å². The van der Waals surface area contributed by atoms with Gasteiger partial charge < -0.3 is 10.7 Å². The fourth-order valence-electron chi connectivity index (χ4n) is 2.91. The van der Waals surface area contributed by atoms with E-state index in [1.807, 2.05) is 6.92 Å². The maximum Gasteiger partial charge on any atom is 0.271 e. The molecule has 0 bridgehead atoms. The number of hydrogen-bond acceptors (Lipinski definition) is 2. The number of hydrogen-bond donors (Lipinski definition) is 2. The van der Waals surface area contributed by atoms with Crippen LogP contribution in [0.25, 0.3) is 0 Å². The number of rotatable bonds is 5. The van der Waals surface area contributed by atoms with Gasteiger partial charge in [-0.3, -0.25) is 4.79 Å². The van der Waals surface area contributed by atoms with E-state index in [1.165, 1.54) is 11.1 Å². The Bertz CT molecular complexity index is 686. The molecule has 2 rings (SSSR count). The van der Waals surface area contributed by atoms with Gasteiger partial charge in [-0.05, 0) is 42.0 Å². The van der Waals surface area contributed by atoms with Crippen LogP contribution in [0.2, 0.25) is 0 Å². The first-order valence-corrected chi connectivity index (χ1v) is 7.64. The summed E-state index contributed by atoms with van der Waals surface area (Å²) < 4.78 is 0. The highest BCUT2D eigenvalue weighted by atomic mass is 16.1. The summed E-state index contributed by atoms with van der Waals surface area (Å²) in [5, 5.41) is 0. The molecule has 1 aromatic heterocycles. The molecule has 0 aliphatic carbocycles. The second kappa shape index (κ2) is 6.61. The maximum atomic E-state index is 11.9. The average Bonchev–Trinajstić information content (AvgIpc) is 2.45. The standard InChI is InChI=1S/C18H24N2O/c1-4-7-13-8-6-9-14(10-13)11-16-15(5-2)12(3)20-18(21)17(16)19/h6,8-10H,4-5,7,11,19H2,1-3H3,(H,20,21). The highest BCUT2D eigenvalue weighted by Gasteiger charge is 2.13. The van der Waals surface area contributed by atoms with Crippen LogP contribution in [-0.4, -0.2) is 4.98 Å². The van der Waals surface area contributed by atoms with Crippen molar-refractivity contribution in [3.8, 4) is 0 Å². The minimum Gasteiger partial charge on any atom is -0.394 e. The molecule has 0 atom stereocenters. The largest absolute Gasteiger partial charge is 0.394 e. The van der Waals surface area contributed by atoms with Gasteiger partial charge >= 0.3 is 0 Å². The predicted octanol–water partition coefficient (Wildman–Crippen LogP) is 3.37. The first-order valence-electron chi connectivity index (χ1n) is 7.64. The van der Waals surface area contributed by atoms with Crippen molar-refractivity contribution in [2.24, 2.45) is 0 Å². The minimum atomic E-state index is -0.176. The Morgan fingerprint density at radius 3 is 2.52 bits per heavy atom. The highest BCUT2D eigenvalue weighted by Crippen LogP contribution is 2.21. The molecule has 0 radical (unpaired) electrons. The van der Waals surface area contributed by atoms with E-state index in [0.29, 0.717) is 5.69 Å². The van der Waals surface area contributed by atoms with Crippen molar-refractivity contribution in [2.45, 2.75) is 46.5 Å². The van der Waals surface area contributed by atoms with Crippen LogP contribution in [0, 0.1) is 6.92 Å². The number of nitrogens with one attached hydrogen (secondary N) is 1. The Balaban J connectivity index is 2.43. The monoisotopic (exact) mass is 284 g/mol. The zero-order valence-corrected chi connectivity index (χ0v) is 13.1. The van der Waals surface area contributed by atoms with Gasteiger partial charge in [-0.25, -0.2) is 0 Å². The number of anilines is 1. The fourth-order valence-corrected chi connectivity index (χ4v) is 2.91. The summed E-state index contributed by atoms with van der Waals surface area (Å²) in [6.07, 6.45) is 3.81. The van der Waals surface area contributed by atoms with Gasteiger partial charge in [-0.2, -0.15) is 0 Å². The molecule has 0 fully saturated rings. The molecule has 112 valence electrons. The molecule has 0 saturated carbocycles. The molecule has 3 nitrogen and oxygen atoms in total. The van der Waals surface area contributed by atoms with Crippen LogP contribution in [0.4, 0.5) is 5.69 Å². The summed E-state index contributed by atoms with van der Waals surface area (Å²) in [5.41, 5.74) is 11.8. The van der Waals surface area contributed by atoms with E-state index in [4.69, 9.17) is 5.73 Å². The third-order valence-electron chi connectivity index (χ3n) is 3.95. The molecule has 0 unspecified atom stereocenters. The maximum absolute atomic E-state index is 11.9. The van der Waals surface area contributed by atoms with Gasteiger partial charge in [0.1, 0.15) is 5.69 Å². The predicted molar refractivity (Wildman–Crippen MR) is 88.8 cm³/mol. The van der Waals surface area contributed by atoms with Gasteiger partial charge in [0.15, 0.2) is 0 Å². The topological polar surface area (TPSA) is 58.9 Å². The van der Waals surface area contributed by atoms with Crippen LogP contribution in [0.15, 0.2) is 29.1 Å². The van der Waals surface area contributed by atoms with E-state index in [2.05, 4.69) is 43.1 Å². The van der Waals surface area contributed by atoms with Crippen LogP contribution < -0.4 is 11.3 Å². The number of pyridine rings is 1. The molecule has 3 N–H and O–H groups in total. The van der Waals surface area contributed by atoms with Crippen molar-refractivity contribution in [3.63, 3.8) is 0 Å². The summed E-state index contributed by atoms with van der Waals surface area (Å²) in [6, 6.07) is 8.57. The Hall–Kier alpha value is -2.03. The van der Waals surface area contributed by atoms with E-state index >= 15 is 0 Å². The molecule has 3 heteroatoms. The normalized spacial score (nSPS) is 10.8. The number of aromatic amines is 1. The minimum absolute atomic E-state index is 0.176. The van der Waals surface area contributed by atoms with E-state index in [9.17, 15) is 4.79 Å². The molecule has 0 saturated heterocycles. The summed E-state index contributed by atoms with van der Waals surface area (Å²) in [5.74, 6) is 0. The summed E-state index contributed by atoms with van der Waals surface area (Å²) in [6.45, 7) is 6.22. The zero-order chi connectivity index (χ0) is 15.4. The van der Waals surface area contributed by atoms with Crippen molar-refractivity contribution < 1.29 is 0 Å². The van der Waals surface area contributed by atoms with E-state index < -0.39 is 0 Å². The van der Waals surface area contributed by atoms with Crippen molar-refractivity contribution in [1.29, 1.82) is 0 Å². The average molecular weight is 284 g/mol. The Kier molecular flexibility index (Phi) is 4.84. The van der Waals surface area contributed by atoms with Crippen molar-refractivity contribution in [3.05, 3.63) is 62.6 Å². The van der Waals surface area contributed by atoms with E-state index in [0.717, 1.165) is 42.5 Å².